The summed E-state index contributed by atoms with van der Waals surface area (Å²) in [5.41, 5.74) is 3.45. The topological polar surface area (TPSA) is 95.9 Å². The average molecular weight is 465 g/mol. The monoisotopic (exact) mass is 464 g/mol. The molecule has 0 amide bonds. The van der Waals surface area contributed by atoms with Crippen molar-refractivity contribution in [2.75, 3.05) is 10.6 Å². The number of aryl methyl sites for hydroxylation is 1. The molecule has 3 N–H and O–H groups in total. The smallest absolute Gasteiger partial charge is 0.225 e. The van der Waals surface area contributed by atoms with Crippen LogP contribution in [0.15, 0.2) is 12.3 Å². The fourth-order valence-corrected chi connectivity index (χ4v) is 6.06. The molecule has 0 spiro atoms. The standard InChI is InChI=1S/C25H32N6OS/c1-13-19(23-30-21-18(33-23)10-11-26-20(21)14-4-5-14)22(31-24(27-13)29-16-8-9-16)28-17-7-6-15(12-17)25(2,3)32/h10-11,14-17,32H,4-9,12H2,1-3H3,(H2,27,28,29,31). The van der Waals surface area contributed by atoms with Crippen LogP contribution in [0.4, 0.5) is 11.8 Å². The Hall–Kier alpha value is -2.32. The first-order chi connectivity index (χ1) is 15.8. The lowest BCUT2D eigenvalue weighted by Crippen LogP contribution is -2.30. The largest absolute Gasteiger partial charge is 0.390 e. The minimum atomic E-state index is -0.654. The maximum absolute atomic E-state index is 10.5. The molecular formula is C25H32N6OS. The zero-order chi connectivity index (χ0) is 22.7. The van der Waals surface area contributed by atoms with Gasteiger partial charge in [0.15, 0.2) is 0 Å². The molecule has 33 heavy (non-hydrogen) atoms. The van der Waals surface area contributed by atoms with E-state index in [-0.39, 0.29) is 6.04 Å². The Labute approximate surface area is 198 Å². The molecule has 3 aromatic heterocycles. The number of thiazole rings is 1. The Morgan fingerprint density at radius 3 is 2.48 bits per heavy atom. The van der Waals surface area contributed by atoms with Crippen LogP contribution >= 0.6 is 11.3 Å². The second-order valence-corrected chi connectivity index (χ2v) is 11.6. The van der Waals surface area contributed by atoms with Crippen LogP contribution in [0.1, 0.15) is 76.1 Å². The molecule has 8 heteroatoms. The van der Waals surface area contributed by atoms with E-state index < -0.39 is 5.60 Å². The van der Waals surface area contributed by atoms with Crippen LogP contribution in [0, 0.1) is 12.8 Å². The number of nitrogens with zero attached hydrogens (tertiary/aromatic N) is 4. The Bertz CT molecular complexity index is 1190. The van der Waals surface area contributed by atoms with Gasteiger partial charge in [0, 0.05) is 24.2 Å². The molecule has 0 radical (unpaired) electrons. The van der Waals surface area contributed by atoms with Crippen molar-refractivity contribution in [1.82, 2.24) is 19.9 Å². The molecule has 3 heterocycles. The Kier molecular flexibility index (Phi) is 5.07. The number of hydrogen-bond acceptors (Lipinski definition) is 8. The van der Waals surface area contributed by atoms with Gasteiger partial charge in [-0.15, -0.1) is 11.3 Å². The van der Waals surface area contributed by atoms with Crippen LogP contribution in [-0.4, -0.2) is 42.7 Å². The quantitative estimate of drug-likeness (QED) is 0.439. The van der Waals surface area contributed by atoms with Gasteiger partial charge in [-0.25, -0.2) is 9.97 Å². The van der Waals surface area contributed by atoms with Crippen molar-refractivity contribution in [2.45, 2.75) is 89.3 Å². The normalized spacial score (nSPS) is 23.3. The summed E-state index contributed by atoms with van der Waals surface area (Å²) in [5, 5.41) is 18.7. The summed E-state index contributed by atoms with van der Waals surface area (Å²) in [5.74, 6) is 2.40. The highest BCUT2D eigenvalue weighted by molar-refractivity contribution is 7.21. The summed E-state index contributed by atoms with van der Waals surface area (Å²) in [6.45, 7) is 5.90. The molecule has 3 aliphatic rings. The first-order valence-corrected chi connectivity index (χ1v) is 13.1. The maximum Gasteiger partial charge on any atom is 0.225 e. The second kappa shape index (κ2) is 7.87. The van der Waals surface area contributed by atoms with Crippen molar-refractivity contribution in [2.24, 2.45) is 5.92 Å². The van der Waals surface area contributed by atoms with E-state index in [1.54, 1.807) is 11.3 Å². The van der Waals surface area contributed by atoms with E-state index in [9.17, 15) is 5.11 Å². The lowest BCUT2D eigenvalue weighted by molar-refractivity contribution is 0.0197. The second-order valence-electron chi connectivity index (χ2n) is 10.6. The van der Waals surface area contributed by atoms with Gasteiger partial charge in [-0.1, -0.05) is 0 Å². The molecule has 0 aromatic carbocycles. The lowest BCUT2D eigenvalue weighted by Gasteiger charge is -2.25. The van der Waals surface area contributed by atoms with Gasteiger partial charge in [0.05, 0.1) is 27.3 Å². The summed E-state index contributed by atoms with van der Waals surface area (Å²) < 4.78 is 1.18. The number of nitrogens with one attached hydrogen (secondary N) is 2. The fourth-order valence-electron chi connectivity index (χ4n) is 4.99. The minimum Gasteiger partial charge on any atom is -0.390 e. The van der Waals surface area contributed by atoms with Gasteiger partial charge >= 0.3 is 0 Å². The average Bonchev–Trinajstić information content (AvgIpc) is 3.66. The van der Waals surface area contributed by atoms with Crippen molar-refractivity contribution in [3.05, 3.63) is 23.7 Å². The number of fused-ring (bicyclic) bond motifs is 1. The molecule has 3 fully saturated rings. The highest BCUT2D eigenvalue weighted by Gasteiger charge is 2.35. The molecule has 6 rings (SSSR count). The van der Waals surface area contributed by atoms with Crippen molar-refractivity contribution in [3.63, 3.8) is 0 Å². The van der Waals surface area contributed by atoms with Crippen molar-refractivity contribution in [1.29, 1.82) is 0 Å². The predicted molar refractivity (Wildman–Crippen MR) is 133 cm³/mol. The molecule has 2 unspecified atom stereocenters. The first kappa shape index (κ1) is 21.2. The number of aliphatic hydroxyl groups is 1. The summed E-state index contributed by atoms with van der Waals surface area (Å²) in [4.78, 5) is 19.5. The van der Waals surface area contributed by atoms with E-state index in [0.717, 1.165) is 52.6 Å². The molecule has 2 atom stereocenters. The summed E-state index contributed by atoms with van der Waals surface area (Å²) >= 11 is 1.70. The van der Waals surface area contributed by atoms with Gasteiger partial charge in [0.1, 0.15) is 16.3 Å². The Balaban J connectivity index is 1.38. The van der Waals surface area contributed by atoms with Crippen LogP contribution < -0.4 is 10.6 Å². The van der Waals surface area contributed by atoms with E-state index in [0.29, 0.717) is 23.8 Å². The van der Waals surface area contributed by atoms with E-state index in [1.807, 2.05) is 20.0 Å². The minimum absolute atomic E-state index is 0.279. The molecular weight excluding hydrogens is 432 g/mol. The predicted octanol–water partition coefficient (Wildman–Crippen LogP) is 5.26. The number of pyridine rings is 1. The van der Waals surface area contributed by atoms with Gasteiger partial charge in [-0.05, 0) is 77.7 Å². The van der Waals surface area contributed by atoms with Crippen LogP contribution in [0.5, 0.6) is 0 Å². The van der Waals surface area contributed by atoms with Crippen molar-refractivity contribution in [3.8, 4) is 10.6 Å². The molecule has 0 bridgehead atoms. The molecule has 3 saturated carbocycles. The van der Waals surface area contributed by atoms with Gasteiger partial charge in [0.25, 0.3) is 0 Å². The highest BCUT2D eigenvalue weighted by Crippen LogP contribution is 2.45. The zero-order valence-corrected chi connectivity index (χ0v) is 20.4. The molecule has 0 aliphatic heterocycles. The Morgan fingerprint density at radius 1 is 1.00 bits per heavy atom. The Morgan fingerprint density at radius 2 is 1.79 bits per heavy atom. The van der Waals surface area contributed by atoms with E-state index >= 15 is 0 Å². The molecule has 174 valence electrons. The van der Waals surface area contributed by atoms with Crippen molar-refractivity contribution >= 4 is 33.3 Å². The molecule has 7 nitrogen and oxygen atoms in total. The third-order valence-corrected chi connectivity index (χ3v) is 8.32. The van der Waals surface area contributed by atoms with Crippen LogP contribution in [-0.2, 0) is 0 Å². The van der Waals surface area contributed by atoms with Crippen LogP contribution in [0.3, 0.4) is 0 Å². The lowest BCUT2D eigenvalue weighted by atomic mass is 9.89. The van der Waals surface area contributed by atoms with Gasteiger partial charge in [0.2, 0.25) is 5.95 Å². The fraction of sp³-hybridized carbons (Fsp3) is 0.600. The summed E-state index contributed by atoms with van der Waals surface area (Å²) in [7, 11) is 0. The third-order valence-electron chi connectivity index (χ3n) is 7.29. The number of hydrogen-bond donors (Lipinski definition) is 3. The SMILES string of the molecule is Cc1nc(NC2CC2)nc(NC2CCC(C(C)(C)O)C2)c1-c1nc2c(C3CC3)nccc2s1. The van der Waals surface area contributed by atoms with Crippen molar-refractivity contribution < 1.29 is 5.11 Å². The number of aromatic nitrogens is 4. The molecule has 3 aromatic rings. The van der Waals surface area contributed by atoms with Gasteiger partial charge in [-0.3, -0.25) is 4.98 Å². The van der Waals surface area contributed by atoms with Gasteiger partial charge < -0.3 is 15.7 Å². The van der Waals surface area contributed by atoms with Gasteiger partial charge in [-0.2, -0.15) is 4.98 Å². The number of rotatable bonds is 7. The third kappa shape index (κ3) is 4.30. The first-order valence-electron chi connectivity index (χ1n) is 12.2. The zero-order valence-electron chi connectivity index (χ0n) is 19.6. The molecule has 3 aliphatic carbocycles. The van der Waals surface area contributed by atoms with E-state index in [1.165, 1.54) is 30.4 Å². The maximum atomic E-state index is 10.5. The number of anilines is 2. The molecule has 0 saturated heterocycles. The highest BCUT2D eigenvalue weighted by atomic mass is 32.1. The summed E-state index contributed by atoms with van der Waals surface area (Å²) in [6.07, 6.45) is 9.67. The van der Waals surface area contributed by atoms with E-state index in [2.05, 4.69) is 28.6 Å². The van der Waals surface area contributed by atoms with E-state index in [4.69, 9.17) is 15.0 Å². The summed E-state index contributed by atoms with van der Waals surface area (Å²) in [6, 6.07) is 2.84. The van der Waals surface area contributed by atoms with Crippen LogP contribution in [0.2, 0.25) is 0 Å². The van der Waals surface area contributed by atoms with Crippen LogP contribution in [0.25, 0.3) is 20.8 Å².